The molecule has 78 valence electrons. The molecular formula is C9H7ClN2S3. The van der Waals surface area contributed by atoms with Crippen molar-refractivity contribution in [2.45, 2.75) is 14.4 Å². The maximum Gasteiger partial charge on any atom is 0.189 e. The molecule has 0 aliphatic carbocycles. The van der Waals surface area contributed by atoms with E-state index in [0.717, 1.165) is 5.03 Å². The monoisotopic (exact) mass is 274 g/mol. The van der Waals surface area contributed by atoms with Gasteiger partial charge >= 0.3 is 0 Å². The van der Waals surface area contributed by atoms with Crippen LogP contribution in [0.25, 0.3) is 0 Å². The Morgan fingerprint density at radius 2 is 2.27 bits per heavy atom. The summed E-state index contributed by atoms with van der Waals surface area (Å²) in [5.74, 6) is 0. The van der Waals surface area contributed by atoms with E-state index in [1.54, 1.807) is 29.2 Å². The van der Waals surface area contributed by atoms with Crippen LogP contribution in [-0.4, -0.2) is 16.2 Å². The summed E-state index contributed by atoms with van der Waals surface area (Å²) in [6, 6.07) is 5.86. The highest BCUT2D eigenvalue weighted by Crippen LogP contribution is 2.31. The summed E-state index contributed by atoms with van der Waals surface area (Å²) in [7, 11) is 0. The highest BCUT2D eigenvalue weighted by Gasteiger charge is 2.04. The van der Waals surface area contributed by atoms with Crippen LogP contribution in [0.3, 0.4) is 0 Å². The second-order valence-electron chi connectivity index (χ2n) is 2.55. The maximum absolute atomic E-state index is 5.89. The molecule has 2 heterocycles. The van der Waals surface area contributed by atoms with Crippen LogP contribution in [0.4, 0.5) is 0 Å². The van der Waals surface area contributed by atoms with Gasteiger partial charge in [0, 0.05) is 6.07 Å². The van der Waals surface area contributed by atoms with E-state index in [2.05, 4.69) is 16.0 Å². The van der Waals surface area contributed by atoms with Crippen LogP contribution in [0.2, 0.25) is 5.15 Å². The lowest BCUT2D eigenvalue weighted by Gasteiger charge is -2.00. The first-order valence-electron chi connectivity index (χ1n) is 4.08. The molecule has 2 aromatic heterocycles. The molecule has 0 aliphatic heterocycles. The highest BCUT2D eigenvalue weighted by molar-refractivity contribution is 8.01. The van der Waals surface area contributed by atoms with E-state index in [9.17, 15) is 0 Å². The first-order valence-corrected chi connectivity index (χ1v) is 7.38. The Morgan fingerprint density at radius 1 is 1.40 bits per heavy atom. The van der Waals surface area contributed by atoms with Gasteiger partial charge in [-0.2, -0.15) is 0 Å². The van der Waals surface area contributed by atoms with E-state index in [0.29, 0.717) is 10.3 Å². The molecule has 0 amide bonds. The summed E-state index contributed by atoms with van der Waals surface area (Å²) >= 11 is 10.7. The van der Waals surface area contributed by atoms with Crippen molar-refractivity contribution in [2.75, 3.05) is 6.26 Å². The lowest BCUT2D eigenvalue weighted by atomic mass is 10.7. The van der Waals surface area contributed by atoms with E-state index in [1.807, 2.05) is 17.7 Å². The third kappa shape index (κ3) is 3.11. The van der Waals surface area contributed by atoms with E-state index >= 15 is 0 Å². The van der Waals surface area contributed by atoms with Gasteiger partial charge in [0.2, 0.25) is 0 Å². The zero-order valence-corrected chi connectivity index (χ0v) is 11.0. The number of nitrogens with zero attached hydrogens (tertiary/aromatic N) is 2. The molecule has 0 radical (unpaired) electrons. The fourth-order valence-corrected chi connectivity index (χ4v) is 3.40. The van der Waals surface area contributed by atoms with Crippen molar-refractivity contribution in [2.24, 2.45) is 0 Å². The highest BCUT2D eigenvalue weighted by atomic mass is 35.5. The minimum Gasteiger partial charge on any atom is -0.216 e. The Bertz CT molecular complexity index is 445. The molecule has 6 heteroatoms. The van der Waals surface area contributed by atoms with Gasteiger partial charge in [-0.25, -0.2) is 9.97 Å². The molecule has 2 rings (SSSR count). The third-order valence-corrected chi connectivity index (χ3v) is 4.23. The zero-order valence-electron chi connectivity index (χ0n) is 7.81. The SMILES string of the molecule is CSc1nc(Cl)cc(Sc2cccs2)n1. The quantitative estimate of drug-likeness (QED) is 0.479. The Balaban J connectivity index is 2.24. The van der Waals surface area contributed by atoms with E-state index in [-0.39, 0.29) is 0 Å². The number of thioether (sulfide) groups is 1. The molecule has 15 heavy (non-hydrogen) atoms. The number of aromatic nitrogens is 2. The molecule has 0 saturated carbocycles. The summed E-state index contributed by atoms with van der Waals surface area (Å²) in [6.07, 6.45) is 1.94. The van der Waals surface area contributed by atoms with Crippen molar-refractivity contribution < 1.29 is 0 Å². The van der Waals surface area contributed by atoms with Crippen molar-refractivity contribution in [1.82, 2.24) is 9.97 Å². The minimum atomic E-state index is 0.494. The molecule has 2 aromatic rings. The van der Waals surface area contributed by atoms with Gasteiger partial charge in [0.1, 0.15) is 10.2 Å². The molecule has 0 fully saturated rings. The fraction of sp³-hybridized carbons (Fsp3) is 0.111. The summed E-state index contributed by atoms with van der Waals surface area (Å²) in [5, 5.41) is 4.14. The summed E-state index contributed by atoms with van der Waals surface area (Å²) in [6.45, 7) is 0. The van der Waals surface area contributed by atoms with Crippen molar-refractivity contribution in [3.05, 3.63) is 28.7 Å². The van der Waals surface area contributed by atoms with Gasteiger partial charge in [0.15, 0.2) is 5.16 Å². The van der Waals surface area contributed by atoms with Gasteiger partial charge in [-0.1, -0.05) is 41.2 Å². The zero-order chi connectivity index (χ0) is 10.7. The van der Waals surface area contributed by atoms with Gasteiger partial charge in [0.25, 0.3) is 0 Å². The molecule has 0 N–H and O–H groups in total. The molecule has 2 nitrogen and oxygen atoms in total. The van der Waals surface area contributed by atoms with Crippen LogP contribution in [0, 0.1) is 0 Å². The van der Waals surface area contributed by atoms with E-state index < -0.39 is 0 Å². The van der Waals surface area contributed by atoms with E-state index in [4.69, 9.17) is 11.6 Å². The van der Waals surface area contributed by atoms with E-state index in [1.165, 1.54) is 16.0 Å². The lowest BCUT2D eigenvalue weighted by molar-refractivity contribution is 0.895. The summed E-state index contributed by atoms with van der Waals surface area (Å²) in [4.78, 5) is 8.45. The van der Waals surface area contributed by atoms with Crippen LogP contribution in [0.15, 0.2) is 38.0 Å². The smallest absolute Gasteiger partial charge is 0.189 e. The maximum atomic E-state index is 5.89. The second kappa shape index (κ2) is 5.21. The largest absolute Gasteiger partial charge is 0.216 e. The molecule has 0 spiro atoms. The molecular weight excluding hydrogens is 268 g/mol. The number of hydrogen-bond acceptors (Lipinski definition) is 5. The molecule has 0 bridgehead atoms. The Labute approximate surface area is 105 Å². The van der Waals surface area contributed by atoms with Gasteiger partial charge in [-0.05, 0) is 17.7 Å². The van der Waals surface area contributed by atoms with Crippen LogP contribution in [-0.2, 0) is 0 Å². The summed E-state index contributed by atoms with van der Waals surface area (Å²) < 4.78 is 1.21. The Kier molecular flexibility index (Phi) is 3.91. The molecule has 0 aromatic carbocycles. The van der Waals surface area contributed by atoms with Crippen LogP contribution in [0.1, 0.15) is 0 Å². The number of thiophene rings is 1. The topological polar surface area (TPSA) is 25.8 Å². The van der Waals surface area contributed by atoms with Crippen molar-refractivity contribution in [3.63, 3.8) is 0 Å². The van der Waals surface area contributed by atoms with Crippen LogP contribution >= 0.6 is 46.5 Å². The number of rotatable bonds is 3. The Hall–Kier alpha value is -0.230. The standard InChI is InChI=1S/C9H7ClN2S3/c1-13-9-11-6(10)5-7(12-9)15-8-3-2-4-14-8/h2-5H,1H3. The third-order valence-electron chi connectivity index (χ3n) is 1.53. The molecule has 0 aliphatic rings. The predicted molar refractivity (Wildman–Crippen MR) is 67.3 cm³/mol. The lowest BCUT2D eigenvalue weighted by Crippen LogP contribution is -1.88. The van der Waals surface area contributed by atoms with Crippen LogP contribution in [0.5, 0.6) is 0 Å². The van der Waals surface area contributed by atoms with Gasteiger partial charge < -0.3 is 0 Å². The van der Waals surface area contributed by atoms with Gasteiger partial charge in [-0.3, -0.25) is 0 Å². The second-order valence-corrected chi connectivity index (χ2v) is 5.98. The average Bonchev–Trinajstić information content (AvgIpc) is 2.69. The van der Waals surface area contributed by atoms with Crippen molar-refractivity contribution >= 4 is 46.5 Å². The molecule has 0 unspecified atom stereocenters. The molecule has 0 saturated heterocycles. The summed E-state index contributed by atoms with van der Waals surface area (Å²) in [5.41, 5.74) is 0. The van der Waals surface area contributed by atoms with Gasteiger partial charge in [0.05, 0.1) is 4.21 Å². The fourth-order valence-electron chi connectivity index (χ4n) is 0.945. The van der Waals surface area contributed by atoms with Gasteiger partial charge in [-0.15, -0.1) is 11.3 Å². The van der Waals surface area contributed by atoms with Crippen LogP contribution < -0.4 is 0 Å². The minimum absolute atomic E-state index is 0.494. The first-order chi connectivity index (χ1) is 7.28. The Morgan fingerprint density at radius 3 is 2.93 bits per heavy atom. The normalized spacial score (nSPS) is 10.5. The van der Waals surface area contributed by atoms with Crippen molar-refractivity contribution in [1.29, 1.82) is 0 Å². The number of hydrogen-bond donors (Lipinski definition) is 0. The first kappa shape index (κ1) is 11.3. The number of halogens is 1. The average molecular weight is 275 g/mol. The molecule has 0 atom stereocenters. The van der Waals surface area contributed by atoms with Crippen molar-refractivity contribution in [3.8, 4) is 0 Å². The predicted octanol–water partition coefficient (Wildman–Crippen LogP) is 4.06.